The van der Waals surface area contributed by atoms with Gasteiger partial charge in [0.2, 0.25) is 0 Å². The number of alkyl halides is 2. The van der Waals surface area contributed by atoms with Crippen LogP contribution in [-0.2, 0) is 0 Å². The fourth-order valence-corrected chi connectivity index (χ4v) is 2.07. The Kier molecular flexibility index (Phi) is 5.16. The summed E-state index contributed by atoms with van der Waals surface area (Å²) in [7, 11) is 0. The molecule has 0 aliphatic carbocycles. The lowest BCUT2D eigenvalue weighted by Gasteiger charge is -2.08. The zero-order chi connectivity index (χ0) is 15.2. The van der Waals surface area contributed by atoms with E-state index in [9.17, 15) is 13.6 Å². The molecule has 0 heterocycles. The van der Waals surface area contributed by atoms with Crippen LogP contribution < -0.4 is 10.1 Å². The molecule has 0 atom stereocenters. The molecule has 2 aromatic carbocycles. The summed E-state index contributed by atoms with van der Waals surface area (Å²) in [6.07, 6.45) is 1.96. The van der Waals surface area contributed by atoms with Crippen LogP contribution in [0.3, 0.4) is 0 Å². The quantitative estimate of drug-likeness (QED) is 0.839. The molecule has 0 radical (unpaired) electrons. The van der Waals surface area contributed by atoms with E-state index in [-0.39, 0.29) is 11.7 Å². The normalized spacial score (nSPS) is 10.5. The maximum atomic E-state index is 12.0. The van der Waals surface area contributed by atoms with E-state index in [1.807, 2.05) is 18.4 Å². The second kappa shape index (κ2) is 7.08. The van der Waals surface area contributed by atoms with Crippen molar-refractivity contribution in [2.45, 2.75) is 11.5 Å². The van der Waals surface area contributed by atoms with Gasteiger partial charge in [0.25, 0.3) is 5.91 Å². The summed E-state index contributed by atoms with van der Waals surface area (Å²) in [5.41, 5.74) is 1.04. The van der Waals surface area contributed by atoms with Crippen LogP contribution in [0.5, 0.6) is 5.75 Å². The van der Waals surface area contributed by atoms with E-state index in [0.29, 0.717) is 11.3 Å². The number of benzene rings is 2. The highest BCUT2D eigenvalue weighted by Gasteiger charge is 2.07. The Morgan fingerprint density at radius 3 is 2.24 bits per heavy atom. The molecule has 0 saturated heterocycles. The first-order valence-corrected chi connectivity index (χ1v) is 7.31. The third-order valence-corrected chi connectivity index (χ3v) is 3.43. The molecular formula is C15H13F2NO2S. The molecule has 0 saturated carbocycles. The van der Waals surface area contributed by atoms with Gasteiger partial charge in [-0.3, -0.25) is 4.79 Å². The third-order valence-electron chi connectivity index (χ3n) is 2.69. The highest BCUT2D eigenvalue weighted by molar-refractivity contribution is 7.98. The summed E-state index contributed by atoms with van der Waals surface area (Å²) in [4.78, 5) is 13.1. The van der Waals surface area contributed by atoms with E-state index < -0.39 is 6.61 Å². The van der Waals surface area contributed by atoms with Crippen molar-refractivity contribution in [1.82, 2.24) is 0 Å². The second-order valence-corrected chi connectivity index (χ2v) is 4.97. The maximum Gasteiger partial charge on any atom is 0.387 e. The van der Waals surface area contributed by atoms with Crippen molar-refractivity contribution in [3.8, 4) is 5.75 Å². The smallest absolute Gasteiger partial charge is 0.387 e. The van der Waals surface area contributed by atoms with E-state index in [2.05, 4.69) is 10.1 Å². The molecule has 1 N–H and O–H groups in total. The molecule has 0 aliphatic heterocycles. The first-order valence-electron chi connectivity index (χ1n) is 6.09. The minimum atomic E-state index is -2.86. The number of thioether (sulfide) groups is 1. The zero-order valence-electron chi connectivity index (χ0n) is 11.2. The largest absolute Gasteiger partial charge is 0.435 e. The number of carbonyl (C=O) groups excluding carboxylic acids is 1. The Balaban J connectivity index is 2.01. The third kappa shape index (κ3) is 4.46. The summed E-state index contributed by atoms with van der Waals surface area (Å²) in [6, 6.07) is 12.9. The van der Waals surface area contributed by atoms with Crippen molar-refractivity contribution in [1.29, 1.82) is 0 Å². The number of hydrogen-bond donors (Lipinski definition) is 1. The molecule has 2 rings (SSSR count). The van der Waals surface area contributed by atoms with Crippen molar-refractivity contribution < 1.29 is 18.3 Å². The Bertz CT molecular complexity index is 600. The van der Waals surface area contributed by atoms with Gasteiger partial charge in [0.15, 0.2) is 0 Å². The highest BCUT2D eigenvalue weighted by Crippen LogP contribution is 2.19. The van der Waals surface area contributed by atoms with Gasteiger partial charge >= 0.3 is 6.61 Å². The second-order valence-electron chi connectivity index (χ2n) is 4.09. The maximum absolute atomic E-state index is 12.0. The number of rotatable bonds is 5. The highest BCUT2D eigenvalue weighted by atomic mass is 32.2. The predicted molar refractivity (Wildman–Crippen MR) is 79.3 cm³/mol. The van der Waals surface area contributed by atoms with Gasteiger partial charge in [-0.2, -0.15) is 8.78 Å². The van der Waals surface area contributed by atoms with Gasteiger partial charge in [-0.15, -0.1) is 11.8 Å². The number of hydrogen-bond acceptors (Lipinski definition) is 3. The van der Waals surface area contributed by atoms with Crippen molar-refractivity contribution in [2.24, 2.45) is 0 Å². The number of halogens is 2. The molecule has 2 aromatic rings. The van der Waals surface area contributed by atoms with Crippen LogP contribution in [0.25, 0.3) is 0 Å². The van der Waals surface area contributed by atoms with Crippen LogP contribution in [0.2, 0.25) is 0 Å². The van der Waals surface area contributed by atoms with Crippen molar-refractivity contribution in [3.05, 3.63) is 54.1 Å². The van der Waals surface area contributed by atoms with Crippen LogP contribution in [0, 0.1) is 0 Å². The van der Waals surface area contributed by atoms with Gasteiger partial charge in [0.05, 0.1) is 0 Å². The molecule has 0 fully saturated rings. The van der Waals surface area contributed by atoms with Crippen molar-refractivity contribution in [2.75, 3.05) is 11.6 Å². The Labute approximate surface area is 125 Å². The molecule has 0 aromatic heterocycles. The summed E-state index contributed by atoms with van der Waals surface area (Å²) in [5, 5.41) is 2.69. The average molecular weight is 309 g/mol. The van der Waals surface area contributed by atoms with Gasteiger partial charge < -0.3 is 10.1 Å². The Morgan fingerprint density at radius 2 is 1.71 bits per heavy atom. The molecule has 0 aliphatic rings. The van der Waals surface area contributed by atoms with Crippen molar-refractivity contribution >= 4 is 23.4 Å². The lowest BCUT2D eigenvalue weighted by Crippen LogP contribution is -2.11. The molecule has 6 heteroatoms. The first-order chi connectivity index (χ1) is 10.1. The molecule has 110 valence electrons. The topological polar surface area (TPSA) is 38.3 Å². The molecule has 21 heavy (non-hydrogen) atoms. The van der Waals surface area contributed by atoms with E-state index in [1.165, 1.54) is 24.3 Å². The molecule has 3 nitrogen and oxygen atoms in total. The zero-order valence-corrected chi connectivity index (χ0v) is 12.0. The SMILES string of the molecule is CSc1ccc(C(=O)Nc2ccc(OC(F)F)cc2)cc1. The monoisotopic (exact) mass is 309 g/mol. The number of amides is 1. The summed E-state index contributed by atoms with van der Waals surface area (Å²) in [6.45, 7) is -2.86. The lowest BCUT2D eigenvalue weighted by atomic mass is 10.2. The van der Waals surface area contributed by atoms with Crippen molar-refractivity contribution in [3.63, 3.8) is 0 Å². The Hall–Kier alpha value is -2.08. The van der Waals surface area contributed by atoms with E-state index >= 15 is 0 Å². The van der Waals surface area contributed by atoms with Crippen LogP contribution in [0.1, 0.15) is 10.4 Å². The fourth-order valence-electron chi connectivity index (χ4n) is 1.67. The summed E-state index contributed by atoms with van der Waals surface area (Å²) in [5.74, 6) is -0.211. The standard InChI is InChI=1S/C15H13F2NO2S/c1-21-13-8-2-10(3-9-13)14(19)18-11-4-6-12(7-5-11)20-15(16)17/h2-9,15H,1H3,(H,18,19). The van der Waals surface area contributed by atoms with Crippen LogP contribution in [0.4, 0.5) is 14.5 Å². The summed E-state index contributed by atoms with van der Waals surface area (Å²) < 4.78 is 28.3. The van der Waals surface area contributed by atoms with Gasteiger partial charge in [-0.25, -0.2) is 0 Å². The first kappa shape index (κ1) is 15.3. The minimum Gasteiger partial charge on any atom is -0.435 e. The van der Waals surface area contributed by atoms with Gasteiger partial charge in [0, 0.05) is 16.1 Å². The summed E-state index contributed by atoms with van der Waals surface area (Å²) >= 11 is 1.59. The van der Waals surface area contributed by atoms with Crippen LogP contribution in [0.15, 0.2) is 53.4 Å². The molecule has 0 bridgehead atoms. The lowest BCUT2D eigenvalue weighted by molar-refractivity contribution is -0.0498. The fraction of sp³-hybridized carbons (Fsp3) is 0.133. The molecule has 0 spiro atoms. The van der Waals surface area contributed by atoms with Gasteiger partial charge in [-0.1, -0.05) is 0 Å². The number of ether oxygens (including phenoxy) is 1. The molecular weight excluding hydrogens is 296 g/mol. The predicted octanol–water partition coefficient (Wildman–Crippen LogP) is 4.26. The number of carbonyl (C=O) groups is 1. The molecule has 1 amide bonds. The average Bonchev–Trinajstić information content (AvgIpc) is 2.49. The minimum absolute atomic E-state index is 0.0484. The number of anilines is 1. The van der Waals surface area contributed by atoms with Gasteiger partial charge in [0.1, 0.15) is 5.75 Å². The van der Waals surface area contributed by atoms with E-state index in [4.69, 9.17) is 0 Å². The molecule has 0 unspecified atom stereocenters. The van der Waals surface area contributed by atoms with Crippen LogP contribution in [-0.4, -0.2) is 18.8 Å². The van der Waals surface area contributed by atoms with Crippen LogP contribution >= 0.6 is 11.8 Å². The van der Waals surface area contributed by atoms with Gasteiger partial charge in [-0.05, 0) is 54.8 Å². The Morgan fingerprint density at radius 1 is 1.10 bits per heavy atom. The number of nitrogens with one attached hydrogen (secondary N) is 1. The van der Waals surface area contributed by atoms with E-state index in [1.54, 1.807) is 23.9 Å². The van der Waals surface area contributed by atoms with E-state index in [0.717, 1.165) is 4.90 Å².